The number of imidazole rings is 1. The molecule has 1 saturated heterocycles. The fourth-order valence-electron chi connectivity index (χ4n) is 4.06. The van der Waals surface area contributed by atoms with Crippen molar-refractivity contribution < 1.29 is 14.6 Å². The van der Waals surface area contributed by atoms with Crippen LogP contribution in [0.3, 0.4) is 0 Å². The van der Waals surface area contributed by atoms with E-state index >= 15 is 0 Å². The van der Waals surface area contributed by atoms with Gasteiger partial charge in [-0.1, -0.05) is 6.07 Å². The molecule has 1 aromatic heterocycles. The number of likely N-dealkylation sites (tertiary alicyclic amines) is 1. The number of H-pyrrole nitrogens is 1. The Balaban J connectivity index is 1.54. The third-order valence-electron chi connectivity index (χ3n) is 5.83. The van der Waals surface area contributed by atoms with Crippen LogP contribution in [0.25, 0.3) is 11.0 Å². The summed E-state index contributed by atoms with van der Waals surface area (Å²) in [4.78, 5) is 43.7. The number of carbonyl (C=O) groups is 1. The fraction of sp³-hybridized carbons (Fsp3) is 0.333. The van der Waals surface area contributed by atoms with Crippen molar-refractivity contribution in [3.63, 3.8) is 0 Å². The van der Waals surface area contributed by atoms with Crippen molar-refractivity contribution in [2.75, 3.05) is 13.1 Å². The number of aryl methyl sites for hydroxylation is 1. The Hall–Kier alpha value is -3.82. The second-order valence-electron chi connectivity index (χ2n) is 7.86. The number of carbonyl (C=O) groups excluding carboxylic acids is 1. The zero-order valence-electron chi connectivity index (χ0n) is 17.1. The number of nitro groups is 2. The molecule has 0 atom stereocenters. The molecule has 1 amide bonds. The number of nitrogens with one attached hydrogen (secondary N) is 1. The maximum atomic E-state index is 13.0. The first kappa shape index (κ1) is 20.5. The van der Waals surface area contributed by atoms with Crippen molar-refractivity contribution in [3.05, 3.63) is 73.1 Å². The maximum absolute atomic E-state index is 13.0. The average molecular weight is 423 g/mol. The molecule has 1 fully saturated rings. The lowest BCUT2D eigenvalue weighted by atomic mass is 9.95. The highest BCUT2D eigenvalue weighted by Crippen LogP contribution is 2.32. The van der Waals surface area contributed by atoms with Crippen LogP contribution in [0, 0.1) is 34.1 Å². The van der Waals surface area contributed by atoms with Gasteiger partial charge in [0.25, 0.3) is 17.3 Å². The van der Waals surface area contributed by atoms with Crippen LogP contribution < -0.4 is 0 Å². The number of hydrogen-bond donors (Lipinski definition) is 1. The lowest BCUT2D eigenvalue weighted by Gasteiger charge is -2.31. The topological polar surface area (TPSA) is 135 Å². The molecule has 10 nitrogen and oxygen atoms in total. The minimum Gasteiger partial charge on any atom is -0.342 e. The summed E-state index contributed by atoms with van der Waals surface area (Å²) in [5.41, 5.74) is 2.27. The van der Waals surface area contributed by atoms with Crippen LogP contribution in [0.2, 0.25) is 0 Å². The summed E-state index contributed by atoms with van der Waals surface area (Å²) in [7, 11) is 0. The van der Waals surface area contributed by atoms with E-state index in [1.165, 1.54) is 6.92 Å². The normalized spacial score (nSPS) is 14.7. The highest BCUT2D eigenvalue weighted by molar-refractivity contribution is 5.97. The third kappa shape index (κ3) is 3.83. The molecule has 2 aromatic carbocycles. The van der Waals surface area contributed by atoms with Gasteiger partial charge in [-0.05, 0) is 44.4 Å². The Morgan fingerprint density at radius 2 is 1.81 bits per heavy atom. The molecule has 0 saturated carbocycles. The van der Waals surface area contributed by atoms with E-state index in [2.05, 4.69) is 9.97 Å². The van der Waals surface area contributed by atoms with Crippen LogP contribution in [-0.2, 0) is 0 Å². The van der Waals surface area contributed by atoms with Crippen LogP contribution in [0.5, 0.6) is 0 Å². The van der Waals surface area contributed by atoms with Gasteiger partial charge in [0.2, 0.25) is 0 Å². The van der Waals surface area contributed by atoms with E-state index in [9.17, 15) is 25.0 Å². The highest BCUT2D eigenvalue weighted by Gasteiger charge is 2.30. The molecule has 2 heterocycles. The number of non-ortho nitro benzene ring substituents is 1. The zero-order valence-corrected chi connectivity index (χ0v) is 17.1. The molecule has 1 aliphatic heterocycles. The quantitative estimate of drug-likeness (QED) is 0.497. The lowest BCUT2D eigenvalue weighted by Crippen LogP contribution is -2.38. The molecule has 1 N–H and O–H groups in total. The second-order valence-corrected chi connectivity index (χ2v) is 7.86. The standard InChI is InChI=1S/C21H21N5O5/c1-12-3-4-17-18(9-12)23-20(22-17)14-5-7-24(8-6-14)21(27)16-10-15(25(28)29)11-19(13(16)2)26(30)31/h3-4,9-11,14H,5-8H2,1-2H3,(H,22,23). The van der Waals surface area contributed by atoms with Crippen LogP contribution in [0.1, 0.15) is 46.1 Å². The number of amides is 1. The zero-order chi connectivity index (χ0) is 22.3. The van der Waals surface area contributed by atoms with Gasteiger partial charge in [-0.25, -0.2) is 4.98 Å². The number of nitro benzene ring substituents is 2. The van der Waals surface area contributed by atoms with Crippen LogP contribution in [0.4, 0.5) is 11.4 Å². The lowest BCUT2D eigenvalue weighted by molar-refractivity contribution is -0.394. The van der Waals surface area contributed by atoms with Gasteiger partial charge in [-0.15, -0.1) is 0 Å². The molecule has 3 aromatic rings. The molecule has 1 aliphatic rings. The van der Waals surface area contributed by atoms with Gasteiger partial charge in [0.1, 0.15) is 5.82 Å². The second kappa shape index (κ2) is 7.78. The first-order chi connectivity index (χ1) is 14.7. The van der Waals surface area contributed by atoms with E-state index in [-0.39, 0.29) is 17.0 Å². The molecular formula is C21H21N5O5. The number of piperidine rings is 1. The molecule has 10 heteroatoms. The smallest absolute Gasteiger partial charge is 0.279 e. The van der Waals surface area contributed by atoms with Crippen LogP contribution in [0.15, 0.2) is 30.3 Å². The van der Waals surface area contributed by atoms with Gasteiger partial charge in [0, 0.05) is 30.6 Å². The summed E-state index contributed by atoms with van der Waals surface area (Å²) < 4.78 is 0. The summed E-state index contributed by atoms with van der Waals surface area (Å²) in [6.07, 6.45) is 1.36. The van der Waals surface area contributed by atoms with E-state index in [0.717, 1.165) is 34.6 Å². The van der Waals surface area contributed by atoms with Gasteiger partial charge in [0.05, 0.1) is 32.5 Å². The van der Waals surface area contributed by atoms with Gasteiger partial charge in [-0.2, -0.15) is 0 Å². The predicted molar refractivity (Wildman–Crippen MR) is 113 cm³/mol. The van der Waals surface area contributed by atoms with Gasteiger partial charge < -0.3 is 9.88 Å². The van der Waals surface area contributed by atoms with Crippen molar-refractivity contribution >= 4 is 28.3 Å². The Kier molecular flexibility index (Phi) is 5.14. The first-order valence-electron chi connectivity index (χ1n) is 9.93. The molecule has 0 aliphatic carbocycles. The number of rotatable bonds is 4. The Labute approximate surface area is 177 Å². The Bertz CT molecular complexity index is 1210. The monoisotopic (exact) mass is 423 g/mol. The minimum atomic E-state index is -0.723. The molecule has 0 radical (unpaired) electrons. The summed E-state index contributed by atoms with van der Waals surface area (Å²) >= 11 is 0. The molecule has 0 unspecified atom stereocenters. The molecule has 0 spiro atoms. The van der Waals surface area contributed by atoms with Crippen molar-refractivity contribution in [2.45, 2.75) is 32.6 Å². The number of nitrogens with zero attached hydrogens (tertiary/aromatic N) is 4. The van der Waals surface area contributed by atoms with Crippen molar-refractivity contribution in [2.24, 2.45) is 0 Å². The van der Waals surface area contributed by atoms with Crippen LogP contribution in [-0.4, -0.2) is 43.7 Å². The van der Waals surface area contributed by atoms with E-state index in [4.69, 9.17) is 0 Å². The van der Waals surface area contributed by atoms with Crippen molar-refractivity contribution in [1.29, 1.82) is 0 Å². The average Bonchev–Trinajstić information content (AvgIpc) is 3.16. The number of benzene rings is 2. The highest BCUT2D eigenvalue weighted by atomic mass is 16.6. The third-order valence-corrected chi connectivity index (χ3v) is 5.83. The first-order valence-corrected chi connectivity index (χ1v) is 9.93. The minimum absolute atomic E-state index is 0.00133. The summed E-state index contributed by atoms with van der Waals surface area (Å²) in [6, 6.07) is 8.04. The SMILES string of the molecule is Cc1ccc2nc(C3CCN(C(=O)c4cc([N+](=O)[O-])cc([N+](=O)[O-])c4C)CC3)[nH]c2c1. The number of hydrogen-bond acceptors (Lipinski definition) is 6. The number of aromatic nitrogens is 2. The Morgan fingerprint density at radius 1 is 1.10 bits per heavy atom. The molecule has 0 bridgehead atoms. The van der Waals surface area contributed by atoms with Gasteiger partial charge in [0.15, 0.2) is 0 Å². The largest absolute Gasteiger partial charge is 0.342 e. The fourth-order valence-corrected chi connectivity index (χ4v) is 4.06. The summed E-state index contributed by atoms with van der Waals surface area (Å²) in [5, 5.41) is 22.5. The van der Waals surface area contributed by atoms with E-state index in [1.54, 1.807) is 4.90 Å². The summed E-state index contributed by atoms with van der Waals surface area (Å²) in [6.45, 7) is 4.34. The summed E-state index contributed by atoms with van der Waals surface area (Å²) in [5.74, 6) is 0.621. The molecule has 31 heavy (non-hydrogen) atoms. The van der Waals surface area contributed by atoms with E-state index < -0.39 is 27.1 Å². The number of aromatic amines is 1. The maximum Gasteiger partial charge on any atom is 0.279 e. The van der Waals surface area contributed by atoms with Gasteiger partial charge in [-0.3, -0.25) is 25.0 Å². The van der Waals surface area contributed by atoms with E-state index in [0.29, 0.717) is 25.9 Å². The van der Waals surface area contributed by atoms with Crippen molar-refractivity contribution in [3.8, 4) is 0 Å². The van der Waals surface area contributed by atoms with Crippen LogP contribution >= 0.6 is 0 Å². The Morgan fingerprint density at radius 3 is 2.45 bits per heavy atom. The number of fused-ring (bicyclic) bond motifs is 1. The molecule has 160 valence electrons. The van der Waals surface area contributed by atoms with Crippen molar-refractivity contribution in [1.82, 2.24) is 14.9 Å². The molecule has 4 rings (SSSR count). The molecular weight excluding hydrogens is 402 g/mol. The van der Waals surface area contributed by atoms with Gasteiger partial charge >= 0.3 is 0 Å². The predicted octanol–water partition coefficient (Wildman–Crippen LogP) is 4.02. The van der Waals surface area contributed by atoms with E-state index in [1.807, 2.05) is 25.1 Å².